The Balaban J connectivity index is 1.18. The van der Waals surface area contributed by atoms with Crippen LogP contribution in [0.4, 0.5) is 0 Å². The number of H-pyrrole nitrogens is 1. The lowest BCUT2D eigenvalue weighted by atomic mass is 10.0. The minimum Gasteiger partial charge on any atom is -0.342 e. The zero-order valence-electron chi connectivity index (χ0n) is 17.2. The molecule has 1 saturated carbocycles. The molecule has 156 valence electrons. The number of amides is 1. The van der Waals surface area contributed by atoms with Gasteiger partial charge in [0.15, 0.2) is 5.82 Å². The Labute approximate surface area is 180 Å². The predicted molar refractivity (Wildman–Crippen MR) is 118 cm³/mol. The molecule has 1 saturated heterocycles. The second kappa shape index (κ2) is 7.34. The molecule has 4 aromatic rings. The van der Waals surface area contributed by atoms with Crippen LogP contribution in [0.5, 0.6) is 0 Å². The van der Waals surface area contributed by atoms with Crippen molar-refractivity contribution >= 4 is 16.8 Å². The summed E-state index contributed by atoms with van der Waals surface area (Å²) in [4.78, 5) is 14.4. The minimum atomic E-state index is 0.303. The molecule has 2 aliphatic rings. The molecule has 1 unspecified atom stereocenters. The van der Waals surface area contributed by atoms with Gasteiger partial charge in [0.25, 0.3) is 0 Å². The molecule has 1 amide bonds. The molecule has 7 nitrogen and oxygen atoms in total. The highest BCUT2D eigenvalue weighted by Crippen LogP contribution is 2.33. The van der Waals surface area contributed by atoms with Crippen molar-refractivity contribution in [1.29, 1.82) is 0 Å². The number of carbonyl (C=O) groups is 1. The smallest absolute Gasteiger partial charge is 0.225 e. The number of rotatable bonds is 5. The normalized spacial score (nSPS) is 18.7. The van der Waals surface area contributed by atoms with Gasteiger partial charge in [0, 0.05) is 36.5 Å². The van der Waals surface area contributed by atoms with E-state index in [2.05, 4.69) is 72.3 Å². The lowest BCUT2D eigenvalue weighted by Gasteiger charge is -2.17. The number of nitrogens with one attached hydrogen (secondary N) is 1. The summed E-state index contributed by atoms with van der Waals surface area (Å²) in [5.41, 5.74) is 4.38. The zero-order valence-corrected chi connectivity index (χ0v) is 17.2. The van der Waals surface area contributed by atoms with E-state index in [1.54, 1.807) is 6.33 Å². The molecule has 1 aliphatic carbocycles. The van der Waals surface area contributed by atoms with Crippen molar-refractivity contribution in [2.45, 2.75) is 25.8 Å². The molecular weight excluding hydrogens is 388 g/mol. The Morgan fingerprint density at radius 3 is 2.68 bits per heavy atom. The maximum absolute atomic E-state index is 12.3. The van der Waals surface area contributed by atoms with E-state index in [0.29, 0.717) is 17.7 Å². The van der Waals surface area contributed by atoms with E-state index in [1.807, 2.05) is 6.20 Å². The minimum absolute atomic E-state index is 0.303. The number of carbonyl (C=O) groups excluding carboxylic acids is 1. The van der Waals surface area contributed by atoms with Gasteiger partial charge >= 0.3 is 0 Å². The Hall–Kier alpha value is -3.48. The van der Waals surface area contributed by atoms with Crippen LogP contribution < -0.4 is 0 Å². The van der Waals surface area contributed by atoms with Crippen LogP contribution in [0, 0.1) is 11.8 Å². The van der Waals surface area contributed by atoms with Crippen LogP contribution in [0.15, 0.2) is 55.0 Å². The number of benzene rings is 2. The molecule has 0 bridgehead atoms. The molecular formula is C24H24N6O. The molecule has 1 N–H and O–H groups in total. The third-order valence-electron chi connectivity index (χ3n) is 6.51. The first kappa shape index (κ1) is 18.3. The van der Waals surface area contributed by atoms with E-state index in [1.165, 1.54) is 0 Å². The van der Waals surface area contributed by atoms with Gasteiger partial charge in [0.1, 0.15) is 6.33 Å². The van der Waals surface area contributed by atoms with Gasteiger partial charge in [-0.25, -0.2) is 0 Å². The molecule has 2 aromatic carbocycles. The topological polar surface area (TPSA) is 79.7 Å². The average molecular weight is 412 g/mol. The molecule has 1 atom stereocenters. The third kappa shape index (κ3) is 3.50. The lowest BCUT2D eigenvalue weighted by Crippen LogP contribution is -2.30. The first-order valence-corrected chi connectivity index (χ1v) is 10.9. The summed E-state index contributed by atoms with van der Waals surface area (Å²) in [7, 11) is 0. The van der Waals surface area contributed by atoms with Gasteiger partial charge in [0.05, 0.1) is 11.7 Å². The molecule has 3 heterocycles. The Morgan fingerprint density at radius 2 is 1.84 bits per heavy atom. The van der Waals surface area contributed by atoms with Gasteiger partial charge < -0.3 is 9.47 Å². The highest BCUT2D eigenvalue weighted by molar-refractivity contribution is 5.84. The maximum atomic E-state index is 12.3. The molecule has 31 heavy (non-hydrogen) atoms. The first-order valence-electron chi connectivity index (χ1n) is 10.9. The lowest BCUT2D eigenvalue weighted by molar-refractivity contribution is -0.131. The number of fused-ring (bicyclic) bond motifs is 1. The molecule has 2 fully saturated rings. The van der Waals surface area contributed by atoms with Gasteiger partial charge in [-0.1, -0.05) is 36.4 Å². The van der Waals surface area contributed by atoms with E-state index < -0.39 is 0 Å². The van der Waals surface area contributed by atoms with Crippen molar-refractivity contribution in [3.05, 3.63) is 55.0 Å². The number of hydrogen-bond donors (Lipinski definition) is 1. The largest absolute Gasteiger partial charge is 0.342 e. The van der Waals surface area contributed by atoms with E-state index in [0.717, 1.165) is 72.3 Å². The highest BCUT2D eigenvalue weighted by atomic mass is 16.2. The predicted octanol–water partition coefficient (Wildman–Crippen LogP) is 3.75. The van der Waals surface area contributed by atoms with Crippen LogP contribution in [0.25, 0.3) is 33.4 Å². The van der Waals surface area contributed by atoms with Crippen molar-refractivity contribution in [1.82, 2.24) is 29.9 Å². The molecule has 2 aromatic heterocycles. The molecule has 7 heteroatoms. The van der Waals surface area contributed by atoms with Gasteiger partial charge in [-0.2, -0.15) is 5.10 Å². The van der Waals surface area contributed by atoms with Crippen LogP contribution >= 0.6 is 0 Å². The van der Waals surface area contributed by atoms with Gasteiger partial charge in [-0.3, -0.25) is 9.89 Å². The number of hydrogen-bond acceptors (Lipinski definition) is 4. The molecule has 0 radical (unpaired) electrons. The third-order valence-corrected chi connectivity index (χ3v) is 6.51. The standard InChI is InChI=1S/C24H24N6O/c31-24(19-5-6-19)29-10-9-16(13-29)14-30-15-26-28-23(30)18-3-1-17(2-4-18)20-7-8-21-12-25-27-22(21)11-20/h1-4,7-8,11-12,15-16,19H,5-6,9-10,13-14H2,(H,25,27). The van der Waals surface area contributed by atoms with Crippen molar-refractivity contribution < 1.29 is 4.79 Å². The van der Waals surface area contributed by atoms with Crippen LogP contribution in [0.1, 0.15) is 19.3 Å². The summed E-state index contributed by atoms with van der Waals surface area (Å²) in [5, 5.41) is 16.8. The summed E-state index contributed by atoms with van der Waals surface area (Å²) >= 11 is 0. The zero-order chi connectivity index (χ0) is 20.8. The summed E-state index contributed by atoms with van der Waals surface area (Å²) in [5.74, 6) is 1.99. The van der Waals surface area contributed by atoms with Gasteiger partial charge in [0.2, 0.25) is 5.91 Å². The quantitative estimate of drug-likeness (QED) is 0.541. The summed E-state index contributed by atoms with van der Waals surface area (Å²) in [6, 6.07) is 14.8. The summed E-state index contributed by atoms with van der Waals surface area (Å²) in [6.45, 7) is 2.57. The summed E-state index contributed by atoms with van der Waals surface area (Å²) < 4.78 is 2.13. The van der Waals surface area contributed by atoms with Crippen molar-refractivity contribution in [3.8, 4) is 22.5 Å². The average Bonchev–Trinajstić information content (AvgIpc) is 3.17. The second-order valence-electron chi connectivity index (χ2n) is 8.77. The first-order chi connectivity index (χ1) is 15.2. The number of aromatic nitrogens is 5. The van der Waals surface area contributed by atoms with Crippen molar-refractivity contribution in [2.75, 3.05) is 13.1 Å². The van der Waals surface area contributed by atoms with Crippen LogP contribution in [-0.2, 0) is 11.3 Å². The number of likely N-dealkylation sites (tertiary alicyclic amines) is 1. The number of nitrogens with zero attached hydrogens (tertiary/aromatic N) is 5. The van der Waals surface area contributed by atoms with Crippen molar-refractivity contribution in [2.24, 2.45) is 11.8 Å². The SMILES string of the molecule is O=C(C1CC1)N1CCC(Cn2cnnc2-c2ccc(-c3ccc4cn[nH]c4c3)cc2)C1. The van der Waals surface area contributed by atoms with Crippen LogP contribution in [0.2, 0.25) is 0 Å². The van der Waals surface area contributed by atoms with Crippen LogP contribution in [-0.4, -0.2) is 48.9 Å². The van der Waals surface area contributed by atoms with Gasteiger partial charge in [-0.05, 0) is 42.4 Å². The second-order valence-corrected chi connectivity index (χ2v) is 8.77. The van der Waals surface area contributed by atoms with Gasteiger partial charge in [-0.15, -0.1) is 10.2 Å². The summed E-state index contributed by atoms with van der Waals surface area (Å²) in [6.07, 6.45) is 6.83. The van der Waals surface area contributed by atoms with E-state index in [4.69, 9.17) is 0 Å². The van der Waals surface area contributed by atoms with E-state index >= 15 is 0 Å². The monoisotopic (exact) mass is 412 g/mol. The van der Waals surface area contributed by atoms with E-state index in [-0.39, 0.29) is 0 Å². The Morgan fingerprint density at radius 1 is 1.03 bits per heavy atom. The Kier molecular flexibility index (Phi) is 4.33. The number of aromatic amines is 1. The fourth-order valence-corrected chi connectivity index (χ4v) is 4.59. The highest BCUT2D eigenvalue weighted by Gasteiger charge is 2.36. The van der Waals surface area contributed by atoms with Crippen LogP contribution in [0.3, 0.4) is 0 Å². The maximum Gasteiger partial charge on any atom is 0.225 e. The molecule has 1 aliphatic heterocycles. The van der Waals surface area contributed by atoms with Crippen molar-refractivity contribution in [3.63, 3.8) is 0 Å². The molecule has 0 spiro atoms. The fraction of sp³-hybridized carbons (Fsp3) is 0.333. The van der Waals surface area contributed by atoms with E-state index in [9.17, 15) is 4.79 Å². The fourth-order valence-electron chi connectivity index (χ4n) is 4.59. The molecule has 6 rings (SSSR count). The Bertz CT molecular complexity index is 1240.